The van der Waals surface area contributed by atoms with Crippen molar-refractivity contribution < 1.29 is 19.5 Å². The molecule has 1 aromatic rings. The number of nitrogens with one attached hydrogen (secondary N) is 1. The van der Waals surface area contributed by atoms with Crippen molar-refractivity contribution in [1.82, 2.24) is 4.90 Å². The average molecular weight is 276 g/mol. The van der Waals surface area contributed by atoms with E-state index in [0.717, 1.165) is 0 Å². The second-order valence-electron chi connectivity index (χ2n) is 4.83. The predicted molar refractivity (Wildman–Crippen MR) is 72.8 cm³/mol. The van der Waals surface area contributed by atoms with Crippen LogP contribution in [-0.2, 0) is 4.79 Å². The van der Waals surface area contributed by atoms with Crippen molar-refractivity contribution in [2.45, 2.75) is 13.3 Å². The number of amides is 2. The summed E-state index contributed by atoms with van der Waals surface area (Å²) in [5.41, 5.74) is 1.16. The van der Waals surface area contributed by atoms with Gasteiger partial charge in [-0.1, -0.05) is 0 Å². The molecule has 1 atom stereocenters. The van der Waals surface area contributed by atoms with Crippen LogP contribution in [0.5, 0.6) is 0 Å². The zero-order valence-corrected chi connectivity index (χ0v) is 11.1. The van der Waals surface area contributed by atoms with Crippen molar-refractivity contribution >= 4 is 23.5 Å². The molecule has 6 heteroatoms. The number of urea groups is 1. The Morgan fingerprint density at radius 1 is 1.25 bits per heavy atom. The molecule has 0 aliphatic carbocycles. The minimum Gasteiger partial charge on any atom is -0.481 e. The molecule has 1 aromatic carbocycles. The van der Waals surface area contributed by atoms with Crippen LogP contribution in [0.1, 0.15) is 23.7 Å². The highest BCUT2D eigenvalue weighted by Gasteiger charge is 2.30. The Morgan fingerprint density at radius 3 is 2.40 bits per heavy atom. The van der Waals surface area contributed by atoms with Gasteiger partial charge in [-0.05, 0) is 37.6 Å². The zero-order valence-electron chi connectivity index (χ0n) is 11.1. The number of aliphatic carboxylic acids is 1. The molecular weight excluding hydrogens is 260 g/mol. The number of ketones is 1. The Balaban J connectivity index is 1.95. The fourth-order valence-corrected chi connectivity index (χ4v) is 2.14. The molecule has 0 aromatic heterocycles. The van der Waals surface area contributed by atoms with Gasteiger partial charge in [-0.2, -0.15) is 0 Å². The molecule has 1 fully saturated rings. The van der Waals surface area contributed by atoms with Gasteiger partial charge in [0.25, 0.3) is 0 Å². The van der Waals surface area contributed by atoms with E-state index in [1.807, 2.05) is 0 Å². The number of carbonyl (C=O) groups is 3. The highest BCUT2D eigenvalue weighted by atomic mass is 16.4. The Labute approximate surface area is 116 Å². The molecule has 1 aliphatic rings. The summed E-state index contributed by atoms with van der Waals surface area (Å²) in [6.07, 6.45) is 0.478. The van der Waals surface area contributed by atoms with Crippen LogP contribution < -0.4 is 5.32 Å². The molecule has 0 spiro atoms. The Kier molecular flexibility index (Phi) is 4.02. The van der Waals surface area contributed by atoms with Crippen LogP contribution in [0.4, 0.5) is 10.5 Å². The van der Waals surface area contributed by atoms with E-state index in [9.17, 15) is 14.4 Å². The van der Waals surface area contributed by atoms with Gasteiger partial charge in [-0.25, -0.2) is 4.79 Å². The molecule has 2 amide bonds. The molecule has 1 aliphatic heterocycles. The first-order valence-electron chi connectivity index (χ1n) is 6.37. The molecule has 1 unspecified atom stereocenters. The van der Waals surface area contributed by atoms with E-state index >= 15 is 0 Å². The highest BCUT2D eigenvalue weighted by molar-refractivity contribution is 5.95. The van der Waals surface area contributed by atoms with Gasteiger partial charge in [0.15, 0.2) is 5.78 Å². The average Bonchev–Trinajstić information content (AvgIpc) is 2.89. The maximum atomic E-state index is 12.0. The van der Waals surface area contributed by atoms with Crippen molar-refractivity contribution in [3.63, 3.8) is 0 Å². The number of likely N-dealkylation sites (tertiary alicyclic amines) is 1. The van der Waals surface area contributed by atoms with Crippen molar-refractivity contribution in [1.29, 1.82) is 0 Å². The number of hydrogen-bond donors (Lipinski definition) is 2. The standard InChI is InChI=1S/C14H16N2O4/c1-9(17)10-2-4-12(5-3-10)15-14(20)16-7-6-11(8-16)13(18)19/h2-5,11H,6-8H2,1H3,(H,15,20)(H,18,19). The van der Waals surface area contributed by atoms with Gasteiger partial charge in [-0.15, -0.1) is 0 Å². The van der Waals surface area contributed by atoms with Crippen molar-refractivity contribution in [2.24, 2.45) is 5.92 Å². The number of rotatable bonds is 3. The molecule has 0 saturated carbocycles. The number of carboxylic acids is 1. The molecule has 2 N–H and O–H groups in total. The lowest BCUT2D eigenvalue weighted by Gasteiger charge is -2.16. The molecule has 20 heavy (non-hydrogen) atoms. The molecule has 2 rings (SSSR count). The van der Waals surface area contributed by atoms with E-state index in [1.165, 1.54) is 11.8 Å². The quantitative estimate of drug-likeness (QED) is 0.824. The third-order valence-electron chi connectivity index (χ3n) is 3.37. The molecule has 6 nitrogen and oxygen atoms in total. The third-order valence-corrected chi connectivity index (χ3v) is 3.37. The predicted octanol–water partition coefficient (Wildman–Crippen LogP) is 1.83. The molecule has 1 saturated heterocycles. The Morgan fingerprint density at radius 2 is 1.90 bits per heavy atom. The number of carboxylic acid groups (broad SMARTS) is 1. The summed E-state index contributed by atoms with van der Waals surface area (Å²) < 4.78 is 0. The van der Waals surface area contributed by atoms with Crippen molar-refractivity contribution in [3.8, 4) is 0 Å². The number of nitrogens with zero attached hydrogens (tertiary/aromatic N) is 1. The van der Waals surface area contributed by atoms with Crippen LogP contribution in [0.25, 0.3) is 0 Å². The van der Waals surface area contributed by atoms with Crippen LogP contribution in [0.3, 0.4) is 0 Å². The van der Waals surface area contributed by atoms with Crippen molar-refractivity contribution in [2.75, 3.05) is 18.4 Å². The monoisotopic (exact) mass is 276 g/mol. The largest absolute Gasteiger partial charge is 0.481 e. The van der Waals surface area contributed by atoms with E-state index in [4.69, 9.17) is 5.11 Å². The van der Waals surface area contributed by atoms with Gasteiger partial charge in [0, 0.05) is 24.3 Å². The fourth-order valence-electron chi connectivity index (χ4n) is 2.14. The van der Waals surface area contributed by atoms with Gasteiger partial charge < -0.3 is 15.3 Å². The first-order chi connectivity index (χ1) is 9.47. The summed E-state index contributed by atoms with van der Waals surface area (Å²) in [7, 11) is 0. The van der Waals surface area contributed by atoms with Crippen LogP contribution in [0.15, 0.2) is 24.3 Å². The van der Waals surface area contributed by atoms with Gasteiger partial charge in [0.2, 0.25) is 0 Å². The summed E-state index contributed by atoms with van der Waals surface area (Å²) in [4.78, 5) is 35.4. The van der Waals surface area contributed by atoms with Gasteiger partial charge in [0.05, 0.1) is 5.92 Å². The molecule has 0 radical (unpaired) electrons. The summed E-state index contributed by atoms with van der Waals surface area (Å²) >= 11 is 0. The van der Waals surface area contributed by atoms with Gasteiger partial charge >= 0.3 is 12.0 Å². The number of benzene rings is 1. The van der Waals surface area contributed by atoms with Crippen LogP contribution in [0, 0.1) is 5.92 Å². The summed E-state index contributed by atoms with van der Waals surface area (Å²) in [5, 5.41) is 11.6. The van der Waals surface area contributed by atoms with Crippen LogP contribution in [0.2, 0.25) is 0 Å². The number of anilines is 1. The van der Waals surface area contributed by atoms with E-state index in [2.05, 4.69) is 5.32 Å². The summed E-state index contributed by atoms with van der Waals surface area (Å²) in [5.74, 6) is -1.39. The zero-order chi connectivity index (χ0) is 14.7. The molecule has 106 valence electrons. The van der Waals surface area contributed by atoms with Gasteiger partial charge in [0.1, 0.15) is 0 Å². The highest BCUT2D eigenvalue weighted by Crippen LogP contribution is 2.18. The van der Waals surface area contributed by atoms with E-state index < -0.39 is 11.9 Å². The van der Waals surface area contributed by atoms with E-state index in [-0.39, 0.29) is 18.4 Å². The Bertz CT molecular complexity index is 539. The van der Waals surface area contributed by atoms with E-state index in [1.54, 1.807) is 24.3 Å². The lowest BCUT2D eigenvalue weighted by molar-refractivity contribution is -0.141. The third kappa shape index (κ3) is 3.14. The lowest BCUT2D eigenvalue weighted by atomic mass is 10.1. The topological polar surface area (TPSA) is 86.7 Å². The second kappa shape index (κ2) is 5.73. The fraction of sp³-hybridized carbons (Fsp3) is 0.357. The number of carbonyl (C=O) groups excluding carboxylic acids is 2. The van der Waals surface area contributed by atoms with Crippen LogP contribution >= 0.6 is 0 Å². The summed E-state index contributed by atoms with van der Waals surface area (Å²) in [6, 6.07) is 6.27. The molecule has 1 heterocycles. The first kappa shape index (κ1) is 14.0. The summed E-state index contributed by atoms with van der Waals surface area (Å²) in [6.45, 7) is 2.14. The first-order valence-corrected chi connectivity index (χ1v) is 6.37. The maximum absolute atomic E-state index is 12.0. The number of hydrogen-bond acceptors (Lipinski definition) is 3. The maximum Gasteiger partial charge on any atom is 0.321 e. The minimum absolute atomic E-state index is 0.0354. The second-order valence-corrected chi connectivity index (χ2v) is 4.83. The molecule has 0 bridgehead atoms. The lowest BCUT2D eigenvalue weighted by Crippen LogP contribution is -2.33. The Hall–Kier alpha value is -2.37. The van der Waals surface area contributed by atoms with Gasteiger partial charge in [-0.3, -0.25) is 9.59 Å². The SMILES string of the molecule is CC(=O)c1ccc(NC(=O)N2CCC(C(=O)O)C2)cc1. The minimum atomic E-state index is -0.869. The van der Waals surface area contributed by atoms with Crippen LogP contribution in [-0.4, -0.2) is 40.9 Å². The van der Waals surface area contributed by atoms with E-state index in [0.29, 0.717) is 24.2 Å². The normalized spacial score (nSPS) is 17.9. The van der Waals surface area contributed by atoms with Crippen molar-refractivity contribution in [3.05, 3.63) is 29.8 Å². The molecular formula is C14H16N2O4. The number of Topliss-reactive ketones (excluding diaryl/α,β-unsaturated/α-hetero) is 1. The smallest absolute Gasteiger partial charge is 0.321 e.